The fraction of sp³-hybridized carbons (Fsp3) is 0.276. The highest BCUT2D eigenvalue weighted by Crippen LogP contribution is 2.22. The Kier molecular flexibility index (Phi) is 7.93. The standard InChI is InChI=1S/C29H30BrN5/c30-26-9-7-23(8-10-26)22-35-17-4-16-34(19-20-35)18-13-27-21-28(24-5-2-1-3-6-24)33-29(32-27)25-11-14-31-15-12-25/h1-3,5-12,14-15,21H,4,13,16-20,22H2. The third-order valence-electron chi connectivity index (χ3n) is 6.47. The molecule has 1 saturated heterocycles. The summed E-state index contributed by atoms with van der Waals surface area (Å²) in [5, 5.41) is 0. The van der Waals surface area contributed by atoms with E-state index in [1.54, 1.807) is 12.4 Å². The smallest absolute Gasteiger partial charge is 0.160 e. The predicted octanol–water partition coefficient (Wildman–Crippen LogP) is 5.72. The van der Waals surface area contributed by atoms with Gasteiger partial charge in [-0.15, -0.1) is 0 Å². The predicted molar refractivity (Wildman–Crippen MR) is 145 cm³/mol. The van der Waals surface area contributed by atoms with Gasteiger partial charge in [0.25, 0.3) is 0 Å². The number of nitrogens with zero attached hydrogens (tertiary/aromatic N) is 5. The Hall–Kier alpha value is -2.93. The van der Waals surface area contributed by atoms with Gasteiger partial charge in [-0.2, -0.15) is 0 Å². The molecule has 35 heavy (non-hydrogen) atoms. The van der Waals surface area contributed by atoms with Crippen LogP contribution in [0.2, 0.25) is 0 Å². The molecule has 6 heteroatoms. The number of halogens is 1. The Morgan fingerprint density at radius 1 is 0.743 bits per heavy atom. The third-order valence-corrected chi connectivity index (χ3v) is 7.00. The topological polar surface area (TPSA) is 45.2 Å². The zero-order valence-electron chi connectivity index (χ0n) is 19.9. The minimum Gasteiger partial charge on any atom is -0.302 e. The molecule has 1 fully saturated rings. The van der Waals surface area contributed by atoms with Crippen LogP contribution in [0.15, 0.2) is 89.7 Å². The van der Waals surface area contributed by atoms with E-state index in [4.69, 9.17) is 9.97 Å². The molecule has 0 N–H and O–H groups in total. The Bertz CT molecular complexity index is 1160. The lowest BCUT2D eigenvalue weighted by Crippen LogP contribution is -2.32. The van der Waals surface area contributed by atoms with E-state index >= 15 is 0 Å². The van der Waals surface area contributed by atoms with E-state index in [0.717, 1.165) is 78.5 Å². The minimum absolute atomic E-state index is 0.764. The Morgan fingerprint density at radius 2 is 1.49 bits per heavy atom. The zero-order valence-corrected chi connectivity index (χ0v) is 21.4. The molecule has 5 nitrogen and oxygen atoms in total. The summed E-state index contributed by atoms with van der Waals surface area (Å²) in [5.41, 5.74) is 5.54. The van der Waals surface area contributed by atoms with Crippen LogP contribution in [0.4, 0.5) is 0 Å². The molecule has 0 spiro atoms. The lowest BCUT2D eigenvalue weighted by atomic mass is 10.1. The first-order valence-electron chi connectivity index (χ1n) is 12.3. The van der Waals surface area contributed by atoms with Crippen molar-refractivity contribution in [3.05, 3.63) is 101 Å². The highest BCUT2D eigenvalue weighted by atomic mass is 79.9. The summed E-state index contributed by atoms with van der Waals surface area (Å²) in [6, 6.07) is 25.2. The lowest BCUT2D eigenvalue weighted by molar-refractivity contribution is 0.252. The molecule has 0 bridgehead atoms. The van der Waals surface area contributed by atoms with E-state index in [-0.39, 0.29) is 0 Å². The summed E-state index contributed by atoms with van der Waals surface area (Å²) in [4.78, 5) is 19.1. The molecule has 2 aromatic carbocycles. The van der Waals surface area contributed by atoms with Gasteiger partial charge in [-0.1, -0.05) is 58.4 Å². The molecule has 0 aliphatic carbocycles. The van der Waals surface area contributed by atoms with Crippen molar-refractivity contribution in [1.29, 1.82) is 0 Å². The van der Waals surface area contributed by atoms with Gasteiger partial charge in [0.05, 0.1) is 5.69 Å². The van der Waals surface area contributed by atoms with E-state index in [1.165, 1.54) is 12.0 Å². The van der Waals surface area contributed by atoms with E-state index in [2.05, 4.69) is 85.3 Å². The quantitative estimate of drug-likeness (QED) is 0.307. The van der Waals surface area contributed by atoms with Crippen molar-refractivity contribution in [3.8, 4) is 22.6 Å². The fourth-order valence-electron chi connectivity index (χ4n) is 4.54. The highest BCUT2D eigenvalue weighted by Gasteiger charge is 2.16. The summed E-state index contributed by atoms with van der Waals surface area (Å²) in [7, 11) is 0. The number of rotatable bonds is 7. The van der Waals surface area contributed by atoms with Crippen molar-refractivity contribution in [2.75, 3.05) is 32.7 Å². The van der Waals surface area contributed by atoms with Crippen molar-refractivity contribution in [3.63, 3.8) is 0 Å². The first-order chi connectivity index (χ1) is 17.2. The van der Waals surface area contributed by atoms with Crippen LogP contribution >= 0.6 is 15.9 Å². The Labute approximate surface area is 216 Å². The molecular formula is C29H30BrN5. The summed E-state index contributed by atoms with van der Waals surface area (Å²) in [6.45, 7) is 6.48. The Balaban J connectivity index is 1.26. The van der Waals surface area contributed by atoms with Gasteiger partial charge in [0.2, 0.25) is 0 Å². The van der Waals surface area contributed by atoms with Gasteiger partial charge in [-0.05, 0) is 55.4 Å². The van der Waals surface area contributed by atoms with Crippen LogP contribution in [-0.2, 0) is 13.0 Å². The maximum atomic E-state index is 4.94. The van der Waals surface area contributed by atoms with Gasteiger partial charge >= 0.3 is 0 Å². The summed E-state index contributed by atoms with van der Waals surface area (Å²) in [5.74, 6) is 0.764. The van der Waals surface area contributed by atoms with Gasteiger partial charge in [-0.3, -0.25) is 9.88 Å². The SMILES string of the molecule is Brc1ccc(CN2CCCN(CCc3cc(-c4ccccc4)nc(-c4ccncc4)n3)CC2)cc1. The van der Waals surface area contributed by atoms with Crippen molar-refractivity contribution in [2.24, 2.45) is 0 Å². The highest BCUT2D eigenvalue weighted by molar-refractivity contribution is 9.10. The van der Waals surface area contributed by atoms with Gasteiger partial charge in [0.15, 0.2) is 5.82 Å². The van der Waals surface area contributed by atoms with E-state index in [0.29, 0.717) is 0 Å². The monoisotopic (exact) mass is 527 g/mol. The van der Waals surface area contributed by atoms with Crippen LogP contribution in [0.5, 0.6) is 0 Å². The van der Waals surface area contributed by atoms with Crippen LogP contribution in [0.25, 0.3) is 22.6 Å². The summed E-state index contributed by atoms with van der Waals surface area (Å²) < 4.78 is 1.13. The molecular weight excluding hydrogens is 498 g/mol. The minimum atomic E-state index is 0.764. The normalized spacial score (nSPS) is 15.1. The number of hydrogen-bond acceptors (Lipinski definition) is 5. The third kappa shape index (κ3) is 6.60. The molecule has 5 rings (SSSR count). The molecule has 2 aromatic heterocycles. The number of pyridine rings is 1. The largest absolute Gasteiger partial charge is 0.302 e. The average molecular weight is 528 g/mol. The van der Waals surface area contributed by atoms with Crippen molar-refractivity contribution in [2.45, 2.75) is 19.4 Å². The summed E-state index contributed by atoms with van der Waals surface area (Å²) >= 11 is 3.53. The molecule has 3 heterocycles. The van der Waals surface area contributed by atoms with Gasteiger partial charge in [0.1, 0.15) is 0 Å². The first kappa shape index (κ1) is 23.8. The molecule has 0 atom stereocenters. The van der Waals surface area contributed by atoms with Crippen LogP contribution < -0.4 is 0 Å². The van der Waals surface area contributed by atoms with Crippen molar-refractivity contribution < 1.29 is 0 Å². The number of benzene rings is 2. The van der Waals surface area contributed by atoms with E-state index in [1.807, 2.05) is 18.2 Å². The maximum Gasteiger partial charge on any atom is 0.160 e. The maximum absolute atomic E-state index is 4.94. The molecule has 1 aliphatic heterocycles. The van der Waals surface area contributed by atoms with E-state index < -0.39 is 0 Å². The second-order valence-electron chi connectivity index (χ2n) is 9.02. The van der Waals surface area contributed by atoms with Crippen LogP contribution in [0.1, 0.15) is 17.7 Å². The van der Waals surface area contributed by atoms with Crippen molar-refractivity contribution >= 4 is 15.9 Å². The molecule has 0 saturated carbocycles. The molecule has 0 radical (unpaired) electrons. The molecule has 4 aromatic rings. The first-order valence-corrected chi connectivity index (χ1v) is 13.1. The van der Waals surface area contributed by atoms with E-state index in [9.17, 15) is 0 Å². The van der Waals surface area contributed by atoms with Crippen LogP contribution in [0.3, 0.4) is 0 Å². The Morgan fingerprint density at radius 3 is 2.29 bits per heavy atom. The number of aromatic nitrogens is 3. The molecule has 0 unspecified atom stereocenters. The second kappa shape index (κ2) is 11.7. The van der Waals surface area contributed by atoms with Crippen LogP contribution in [-0.4, -0.2) is 57.5 Å². The second-order valence-corrected chi connectivity index (χ2v) is 9.93. The molecule has 0 amide bonds. The van der Waals surface area contributed by atoms with Crippen LogP contribution in [0, 0.1) is 0 Å². The average Bonchev–Trinajstić information content (AvgIpc) is 3.14. The fourth-order valence-corrected chi connectivity index (χ4v) is 4.80. The number of hydrogen-bond donors (Lipinski definition) is 0. The lowest BCUT2D eigenvalue weighted by Gasteiger charge is -2.22. The van der Waals surface area contributed by atoms with Gasteiger partial charge in [0, 0.05) is 66.3 Å². The van der Waals surface area contributed by atoms with Gasteiger partial charge < -0.3 is 4.90 Å². The zero-order chi connectivity index (χ0) is 23.9. The molecule has 1 aliphatic rings. The van der Waals surface area contributed by atoms with Crippen molar-refractivity contribution in [1.82, 2.24) is 24.8 Å². The summed E-state index contributed by atoms with van der Waals surface area (Å²) in [6.07, 6.45) is 5.70. The van der Waals surface area contributed by atoms with Gasteiger partial charge in [-0.25, -0.2) is 9.97 Å². The molecule has 178 valence electrons.